The van der Waals surface area contributed by atoms with E-state index in [2.05, 4.69) is 40.2 Å². The number of fused-ring (bicyclic) bond motifs is 2. The van der Waals surface area contributed by atoms with Crippen LogP contribution in [0.3, 0.4) is 0 Å². The molecule has 1 atom stereocenters. The molecule has 0 aliphatic heterocycles. The number of primary amides is 1. The summed E-state index contributed by atoms with van der Waals surface area (Å²) in [7, 11) is 1.69. The summed E-state index contributed by atoms with van der Waals surface area (Å²) in [5.41, 5.74) is 10.2. The monoisotopic (exact) mass is 553 g/mol. The third kappa shape index (κ3) is 4.93. The Balaban J connectivity index is 1.11. The summed E-state index contributed by atoms with van der Waals surface area (Å²) in [6, 6.07) is 12.0. The molecule has 3 amide bonds. The number of amides is 3. The van der Waals surface area contributed by atoms with Gasteiger partial charge in [-0.1, -0.05) is 23.4 Å². The lowest BCUT2D eigenvalue weighted by atomic mass is 10.0. The second-order valence-corrected chi connectivity index (χ2v) is 9.57. The van der Waals surface area contributed by atoms with Gasteiger partial charge in [-0.15, -0.1) is 0 Å². The number of carbonyl (C=O) groups excluding carboxylic acids is 3. The smallest absolute Gasteiger partial charge is 0.363 e. The van der Waals surface area contributed by atoms with Crippen molar-refractivity contribution in [1.29, 1.82) is 0 Å². The number of benzene rings is 2. The Morgan fingerprint density at radius 2 is 1.90 bits per heavy atom. The molecule has 0 bridgehead atoms. The van der Waals surface area contributed by atoms with Crippen molar-refractivity contribution in [3.63, 3.8) is 0 Å². The second kappa shape index (κ2) is 10.1. The molecule has 14 heteroatoms. The molecule has 1 aliphatic carbocycles. The van der Waals surface area contributed by atoms with E-state index in [-0.39, 0.29) is 29.8 Å². The fourth-order valence-electron chi connectivity index (χ4n) is 4.95. The number of nitrogens with one attached hydrogen (secondary N) is 3. The van der Waals surface area contributed by atoms with Crippen LogP contribution in [-0.4, -0.2) is 47.4 Å². The van der Waals surface area contributed by atoms with Crippen molar-refractivity contribution in [2.45, 2.75) is 25.4 Å². The third-order valence-electron chi connectivity index (χ3n) is 6.99. The molecule has 0 unspecified atom stereocenters. The molecule has 0 fully saturated rings. The highest BCUT2D eigenvalue weighted by Crippen LogP contribution is 2.33. The number of aromatic amines is 1. The van der Waals surface area contributed by atoms with Crippen molar-refractivity contribution in [1.82, 2.24) is 40.3 Å². The maximum absolute atomic E-state index is 13.0. The highest BCUT2D eigenvalue weighted by atomic mass is 16.5. The lowest BCUT2D eigenvalue weighted by molar-refractivity contribution is 0.0930. The van der Waals surface area contributed by atoms with Gasteiger partial charge in [-0.05, 0) is 47.7 Å². The number of hydrogen-bond donors (Lipinski definition) is 4. The maximum atomic E-state index is 13.0. The zero-order chi connectivity index (χ0) is 28.7. The van der Waals surface area contributed by atoms with Crippen LogP contribution in [0, 0.1) is 0 Å². The second-order valence-electron chi connectivity index (χ2n) is 9.57. The van der Waals surface area contributed by atoms with Gasteiger partial charge in [0, 0.05) is 25.2 Å². The summed E-state index contributed by atoms with van der Waals surface area (Å²) in [4.78, 5) is 63.5. The average Bonchev–Trinajstić information content (AvgIpc) is 3.68. The predicted molar refractivity (Wildman–Crippen MR) is 144 cm³/mol. The minimum absolute atomic E-state index is 0.0424. The first kappa shape index (κ1) is 25.6. The number of rotatable bonds is 7. The van der Waals surface area contributed by atoms with Gasteiger partial charge in [-0.3, -0.25) is 23.9 Å². The van der Waals surface area contributed by atoms with E-state index in [9.17, 15) is 19.2 Å². The number of H-pyrrole nitrogens is 1. The summed E-state index contributed by atoms with van der Waals surface area (Å²) >= 11 is 0. The number of nitrogens with zero attached hydrogens (tertiary/aromatic N) is 5. The first-order chi connectivity index (χ1) is 19.8. The Labute approximate surface area is 231 Å². The van der Waals surface area contributed by atoms with Gasteiger partial charge in [0.15, 0.2) is 11.6 Å². The summed E-state index contributed by atoms with van der Waals surface area (Å²) < 4.78 is 6.17. The standard InChI is InChI=1S/C27H23N9O5/c1-36-21-8-13(2-6-18(21)32-24(36)22(28)37)11-29-25(38)19-10-20(31-12-30-19)26(39)33-17-7-4-14-9-15(3-5-16(14)17)23-34-27(40)41-35-23/h2-3,5-6,8-10,12,17H,4,7,11H2,1H3,(H2,28,37)(H,29,38)(H,33,39)(H,34,35,40)/t17-/m0/s1. The van der Waals surface area contributed by atoms with Crippen molar-refractivity contribution in [3.05, 3.63) is 93.2 Å². The normalized spacial score (nSPS) is 14.1. The molecule has 0 saturated heterocycles. The summed E-state index contributed by atoms with van der Waals surface area (Å²) in [5, 5.41) is 9.48. The fraction of sp³-hybridized carbons (Fsp3) is 0.185. The topological polar surface area (TPSA) is 204 Å². The van der Waals surface area contributed by atoms with Crippen LogP contribution in [0.2, 0.25) is 0 Å². The van der Waals surface area contributed by atoms with Crippen LogP contribution in [-0.2, 0) is 20.0 Å². The summed E-state index contributed by atoms with van der Waals surface area (Å²) in [6.07, 6.45) is 2.58. The lowest BCUT2D eigenvalue weighted by Gasteiger charge is -2.14. The molecule has 1 aliphatic rings. The summed E-state index contributed by atoms with van der Waals surface area (Å²) in [6.45, 7) is 0.181. The predicted octanol–water partition coefficient (Wildman–Crippen LogP) is 1.15. The zero-order valence-electron chi connectivity index (χ0n) is 21.7. The van der Waals surface area contributed by atoms with Crippen LogP contribution in [0.15, 0.2) is 58.1 Å². The Morgan fingerprint density at radius 1 is 1.10 bits per heavy atom. The van der Waals surface area contributed by atoms with Gasteiger partial charge in [0.05, 0.1) is 17.1 Å². The Bertz CT molecular complexity index is 1900. The first-order valence-corrected chi connectivity index (χ1v) is 12.6. The molecule has 206 valence electrons. The van der Waals surface area contributed by atoms with Crippen LogP contribution in [0.4, 0.5) is 0 Å². The number of carbonyl (C=O) groups is 3. The van der Waals surface area contributed by atoms with Gasteiger partial charge in [-0.2, -0.15) is 0 Å². The van der Waals surface area contributed by atoms with Crippen molar-refractivity contribution >= 4 is 28.8 Å². The number of hydrogen-bond acceptors (Lipinski definition) is 9. The molecule has 2 aromatic carbocycles. The Morgan fingerprint density at radius 3 is 2.66 bits per heavy atom. The van der Waals surface area contributed by atoms with Gasteiger partial charge in [0.25, 0.3) is 17.7 Å². The number of nitrogens with two attached hydrogens (primary N) is 1. The van der Waals surface area contributed by atoms with Gasteiger partial charge in [0.2, 0.25) is 0 Å². The molecule has 3 heterocycles. The van der Waals surface area contributed by atoms with Crippen LogP contribution >= 0.6 is 0 Å². The molecular formula is C27H23N9O5. The highest BCUT2D eigenvalue weighted by molar-refractivity contribution is 5.97. The molecule has 0 radical (unpaired) electrons. The van der Waals surface area contributed by atoms with E-state index in [0.29, 0.717) is 28.8 Å². The molecule has 0 spiro atoms. The fourth-order valence-corrected chi connectivity index (χ4v) is 4.95. The highest BCUT2D eigenvalue weighted by Gasteiger charge is 2.26. The maximum Gasteiger partial charge on any atom is 0.439 e. The number of aryl methyl sites for hydroxylation is 2. The van der Waals surface area contributed by atoms with Crippen molar-refractivity contribution in [2.24, 2.45) is 12.8 Å². The molecular weight excluding hydrogens is 530 g/mol. The van der Waals surface area contributed by atoms with Crippen molar-refractivity contribution in [3.8, 4) is 11.4 Å². The molecule has 0 saturated carbocycles. The van der Waals surface area contributed by atoms with Crippen LogP contribution in [0.25, 0.3) is 22.4 Å². The molecule has 41 heavy (non-hydrogen) atoms. The van der Waals surface area contributed by atoms with E-state index in [4.69, 9.17) is 5.73 Å². The number of imidazole rings is 1. The Kier molecular flexibility index (Phi) is 6.34. The molecule has 14 nitrogen and oxygen atoms in total. The number of aromatic nitrogens is 6. The van der Waals surface area contributed by atoms with E-state index in [1.54, 1.807) is 35.9 Å². The SMILES string of the molecule is Cn1c(C(N)=O)nc2ccc(CNC(=O)c3cc(C(=O)N[C@H]4CCc5cc(-c6noc(=O)[nH]6)ccc54)ncn3)cc21. The largest absolute Gasteiger partial charge is 0.439 e. The molecule has 3 aromatic heterocycles. The van der Waals surface area contributed by atoms with E-state index < -0.39 is 23.5 Å². The van der Waals surface area contributed by atoms with Crippen LogP contribution < -0.4 is 22.1 Å². The zero-order valence-corrected chi connectivity index (χ0v) is 21.7. The van der Waals surface area contributed by atoms with E-state index in [1.165, 1.54) is 12.4 Å². The van der Waals surface area contributed by atoms with Gasteiger partial charge < -0.3 is 20.9 Å². The van der Waals surface area contributed by atoms with Crippen molar-refractivity contribution in [2.75, 3.05) is 0 Å². The minimum atomic E-state index is -0.630. The molecule has 6 rings (SSSR count). The van der Waals surface area contributed by atoms with E-state index in [0.717, 1.165) is 23.1 Å². The quantitative estimate of drug-likeness (QED) is 0.228. The van der Waals surface area contributed by atoms with Gasteiger partial charge >= 0.3 is 5.76 Å². The molecule has 5 aromatic rings. The van der Waals surface area contributed by atoms with Gasteiger partial charge in [0.1, 0.15) is 17.7 Å². The Hall–Kier alpha value is -5.66. The lowest BCUT2D eigenvalue weighted by Crippen LogP contribution is -2.29. The average molecular weight is 554 g/mol. The summed E-state index contributed by atoms with van der Waals surface area (Å²) in [5.74, 6) is -1.69. The van der Waals surface area contributed by atoms with Gasteiger partial charge in [-0.25, -0.2) is 19.7 Å². The van der Waals surface area contributed by atoms with E-state index in [1.807, 2.05) is 12.1 Å². The first-order valence-electron chi connectivity index (χ1n) is 12.6. The molecule has 5 N–H and O–H groups in total. The minimum Gasteiger partial charge on any atom is -0.363 e. The van der Waals surface area contributed by atoms with Crippen molar-refractivity contribution < 1.29 is 18.9 Å². The van der Waals surface area contributed by atoms with Crippen LogP contribution in [0.1, 0.15) is 60.7 Å². The van der Waals surface area contributed by atoms with E-state index >= 15 is 0 Å². The third-order valence-corrected chi connectivity index (χ3v) is 6.99. The van der Waals surface area contributed by atoms with Crippen LogP contribution in [0.5, 0.6) is 0 Å².